The maximum Gasteiger partial charge on any atom is 0.0349 e. The Balaban J connectivity index is 1.11. The van der Waals surface area contributed by atoms with Gasteiger partial charge >= 0.3 is 0 Å². The van der Waals surface area contributed by atoms with Gasteiger partial charge in [-0.05, 0) is 161 Å². The van der Waals surface area contributed by atoms with E-state index in [9.17, 15) is 0 Å². The van der Waals surface area contributed by atoms with Gasteiger partial charge in [0.1, 0.15) is 0 Å². The molecule has 0 radical (unpaired) electrons. The Morgan fingerprint density at radius 3 is 1.08 bits per heavy atom. The molecule has 4 aliphatic carbocycles. The van der Waals surface area contributed by atoms with Crippen molar-refractivity contribution in [3.63, 3.8) is 0 Å². The number of thiophene rings is 1. The largest absolute Gasteiger partial charge is 0.135 e. The number of aryl methyl sites for hydroxylation is 2. The molecule has 0 bridgehead atoms. The summed E-state index contributed by atoms with van der Waals surface area (Å²) in [6.45, 7) is 24.2. The molecule has 0 N–H and O–H groups in total. The van der Waals surface area contributed by atoms with Gasteiger partial charge in [0.05, 0.1) is 0 Å². The minimum absolute atomic E-state index is 0.0587. The third-order valence-corrected chi connectivity index (χ3v) is 15.3. The summed E-state index contributed by atoms with van der Waals surface area (Å²) < 4.78 is 0. The fourth-order valence-electron chi connectivity index (χ4n) is 11.2. The third-order valence-electron chi connectivity index (χ3n) is 14.1. The smallest absolute Gasteiger partial charge is 0.0349 e. The van der Waals surface area contributed by atoms with Crippen LogP contribution in [0.2, 0.25) is 0 Å². The van der Waals surface area contributed by atoms with E-state index in [-0.39, 0.29) is 21.7 Å². The minimum Gasteiger partial charge on any atom is -0.135 e. The summed E-state index contributed by atoms with van der Waals surface area (Å²) in [5.41, 5.74) is 23.0. The van der Waals surface area contributed by atoms with Gasteiger partial charge in [-0.1, -0.05) is 104 Å². The Labute approximate surface area is 306 Å². The lowest BCUT2D eigenvalue weighted by atomic mass is 9.68. The van der Waals surface area contributed by atoms with Crippen LogP contribution in [0.4, 0.5) is 0 Å². The quantitative estimate of drug-likeness (QED) is 0.171. The Morgan fingerprint density at radius 1 is 0.373 bits per heavy atom. The molecule has 0 unspecified atom stereocenters. The predicted octanol–water partition coefficient (Wildman–Crippen LogP) is 13.9. The van der Waals surface area contributed by atoms with Crippen LogP contribution in [0.1, 0.15) is 111 Å². The molecule has 0 amide bonds. The normalized spacial score (nSPS) is 18.2. The molecule has 6 aromatic carbocycles. The zero-order chi connectivity index (χ0) is 35.3. The molecule has 0 fully saturated rings. The molecule has 1 aromatic heterocycles. The van der Waals surface area contributed by atoms with Crippen LogP contribution in [-0.2, 0) is 21.7 Å². The van der Waals surface area contributed by atoms with Crippen LogP contribution in [0.15, 0.2) is 84.9 Å². The van der Waals surface area contributed by atoms with Crippen LogP contribution in [0, 0.1) is 13.8 Å². The summed E-state index contributed by atoms with van der Waals surface area (Å²) >= 11 is 1.96. The van der Waals surface area contributed by atoms with Crippen molar-refractivity contribution in [2.75, 3.05) is 0 Å². The summed E-state index contributed by atoms with van der Waals surface area (Å²) in [6, 6.07) is 33.9. The summed E-state index contributed by atoms with van der Waals surface area (Å²) in [7, 11) is 0. The highest BCUT2D eigenvalue weighted by Crippen LogP contribution is 2.63. The highest BCUT2D eigenvalue weighted by Gasteiger charge is 2.47. The standard InChI is InChI=1S/C50H44S/c1-25-19-33-45-41-29(25)13-11-15-31(41)47(3,4)35-21-27(23-37(43(35)45)49(33,7)8)39-17-18-40(51-39)28-22-36-44-38(24-28)50(9,10)34-20-26(2)30-14-12-16-32(48(36,5)6)42(30)46(34)44/h11-24H,1-10H3. The van der Waals surface area contributed by atoms with Gasteiger partial charge in [0.25, 0.3) is 0 Å². The van der Waals surface area contributed by atoms with Gasteiger partial charge in [-0.25, -0.2) is 0 Å². The van der Waals surface area contributed by atoms with E-state index < -0.39 is 0 Å². The maximum atomic E-state index is 2.54. The highest BCUT2D eigenvalue weighted by atomic mass is 32.1. The van der Waals surface area contributed by atoms with E-state index >= 15 is 0 Å². The van der Waals surface area contributed by atoms with E-state index in [0.29, 0.717) is 0 Å². The van der Waals surface area contributed by atoms with Gasteiger partial charge in [0.15, 0.2) is 0 Å². The zero-order valence-electron chi connectivity index (χ0n) is 31.5. The second kappa shape index (κ2) is 8.94. The Bertz CT molecular complexity index is 2620. The minimum atomic E-state index is -0.0902. The second-order valence-corrected chi connectivity index (χ2v) is 19.3. The maximum absolute atomic E-state index is 2.54. The molecule has 51 heavy (non-hydrogen) atoms. The molecule has 0 aliphatic heterocycles. The Hall–Kier alpha value is -4.46. The second-order valence-electron chi connectivity index (χ2n) is 18.2. The van der Waals surface area contributed by atoms with E-state index in [4.69, 9.17) is 0 Å². The number of hydrogen-bond acceptors (Lipinski definition) is 1. The predicted molar refractivity (Wildman–Crippen MR) is 219 cm³/mol. The van der Waals surface area contributed by atoms with E-state index in [1.54, 1.807) is 0 Å². The lowest BCUT2D eigenvalue weighted by molar-refractivity contribution is 0.639. The van der Waals surface area contributed by atoms with Gasteiger partial charge < -0.3 is 0 Å². The average molecular weight is 677 g/mol. The molecule has 0 saturated heterocycles. The third kappa shape index (κ3) is 3.35. The lowest BCUT2D eigenvalue weighted by Crippen LogP contribution is -2.24. The van der Waals surface area contributed by atoms with Crippen LogP contribution in [-0.4, -0.2) is 0 Å². The first kappa shape index (κ1) is 30.2. The molecule has 1 heteroatoms. The number of benzene rings is 6. The molecule has 250 valence electrons. The van der Waals surface area contributed by atoms with Crippen molar-refractivity contribution in [1.82, 2.24) is 0 Å². The molecule has 0 saturated carbocycles. The average Bonchev–Trinajstić information content (AvgIpc) is 3.74. The first-order valence-corrected chi connectivity index (χ1v) is 19.6. The van der Waals surface area contributed by atoms with Crippen molar-refractivity contribution < 1.29 is 0 Å². The first-order chi connectivity index (χ1) is 24.1. The molecule has 11 rings (SSSR count). The first-order valence-electron chi connectivity index (χ1n) is 18.8. The van der Waals surface area contributed by atoms with Crippen molar-refractivity contribution in [2.45, 2.75) is 90.9 Å². The molecule has 0 spiro atoms. The summed E-state index contributed by atoms with van der Waals surface area (Å²) in [5.74, 6) is 0. The van der Waals surface area contributed by atoms with Gasteiger partial charge in [-0.3, -0.25) is 0 Å². The van der Waals surface area contributed by atoms with Crippen LogP contribution in [0.3, 0.4) is 0 Å². The summed E-state index contributed by atoms with van der Waals surface area (Å²) in [4.78, 5) is 2.70. The van der Waals surface area contributed by atoms with Gasteiger partial charge in [0.2, 0.25) is 0 Å². The van der Waals surface area contributed by atoms with Crippen LogP contribution >= 0.6 is 11.3 Å². The van der Waals surface area contributed by atoms with E-state index in [1.165, 1.54) is 120 Å². The summed E-state index contributed by atoms with van der Waals surface area (Å²) in [6.07, 6.45) is 0. The van der Waals surface area contributed by atoms with Crippen molar-refractivity contribution in [3.8, 4) is 43.1 Å². The Morgan fingerprint density at radius 2 is 0.706 bits per heavy atom. The van der Waals surface area contributed by atoms with Crippen LogP contribution < -0.4 is 0 Å². The number of rotatable bonds is 2. The zero-order valence-corrected chi connectivity index (χ0v) is 32.3. The van der Waals surface area contributed by atoms with Crippen molar-refractivity contribution in [1.29, 1.82) is 0 Å². The molecule has 0 atom stereocenters. The molecule has 1 heterocycles. The highest BCUT2D eigenvalue weighted by molar-refractivity contribution is 7.18. The topological polar surface area (TPSA) is 0 Å². The number of hydrogen-bond donors (Lipinski definition) is 0. The molecular formula is C50H44S. The molecule has 4 aliphatic rings. The van der Waals surface area contributed by atoms with Crippen LogP contribution in [0.5, 0.6) is 0 Å². The fraction of sp³-hybridized carbons (Fsp3) is 0.280. The van der Waals surface area contributed by atoms with E-state index in [1.807, 2.05) is 11.3 Å². The SMILES string of the molecule is Cc1cc2c3c4c(cccc14)C(C)(C)c1cc(-c4ccc(-c5cc6c7c(c5)C(C)(C)c5cccc8c(C)cc(c-7c58)C6(C)C)s4)cc(c1-3)C2(C)C. The van der Waals surface area contributed by atoms with Crippen LogP contribution in [0.25, 0.3) is 64.7 Å². The monoisotopic (exact) mass is 676 g/mol. The summed E-state index contributed by atoms with van der Waals surface area (Å²) in [5, 5.41) is 5.78. The van der Waals surface area contributed by atoms with Gasteiger partial charge in [-0.2, -0.15) is 0 Å². The molecule has 7 aromatic rings. The van der Waals surface area contributed by atoms with Gasteiger partial charge in [0, 0.05) is 31.4 Å². The van der Waals surface area contributed by atoms with E-state index in [2.05, 4.69) is 154 Å². The van der Waals surface area contributed by atoms with Gasteiger partial charge in [-0.15, -0.1) is 11.3 Å². The molecule has 0 nitrogen and oxygen atoms in total. The lowest BCUT2D eigenvalue weighted by Gasteiger charge is -2.35. The van der Waals surface area contributed by atoms with Crippen molar-refractivity contribution >= 4 is 32.9 Å². The Kier molecular flexibility index (Phi) is 5.29. The molecular weight excluding hydrogens is 633 g/mol. The van der Waals surface area contributed by atoms with E-state index in [0.717, 1.165) is 0 Å². The fourth-order valence-corrected chi connectivity index (χ4v) is 12.1. The van der Waals surface area contributed by atoms with Crippen molar-refractivity contribution in [2.24, 2.45) is 0 Å². The van der Waals surface area contributed by atoms with Crippen molar-refractivity contribution in [3.05, 3.63) is 141 Å².